The fourth-order valence-corrected chi connectivity index (χ4v) is 8.57. The van der Waals surface area contributed by atoms with Crippen LogP contribution in [0, 0.1) is 34.6 Å². The van der Waals surface area contributed by atoms with Gasteiger partial charge < -0.3 is 44.4 Å². The predicted molar refractivity (Wildman–Crippen MR) is 347 cm³/mol. The summed E-state index contributed by atoms with van der Waals surface area (Å²) in [5.41, 5.74) is 14.6. The van der Waals surface area contributed by atoms with Crippen molar-refractivity contribution < 1.29 is 38.6 Å². The fraction of sp³-hybridized carbons (Fsp3) is 0.299. The van der Waals surface area contributed by atoms with Gasteiger partial charge in [0, 0.05) is 37.2 Å². The summed E-state index contributed by atoms with van der Waals surface area (Å²) in [6, 6.07) is 36.2. The lowest BCUT2D eigenvalue weighted by Crippen LogP contribution is -2.12. The lowest BCUT2D eigenvalue weighted by atomic mass is 9.86. The first-order chi connectivity index (χ1) is 42.1. The summed E-state index contributed by atoms with van der Waals surface area (Å²) < 4.78 is 15.3. The molecule has 21 nitrogen and oxygen atoms in total. The van der Waals surface area contributed by atoms with E-state index in [2.05, 4.69) is 109 Å². The Kier molecular flexibility index (Phi) is 25.8. The van der Waals surface area contributed by atoms with Crippen LogP contribution in [-0.4, -0.2) is 107 Å². The highest BCUT2D eigenvalue weighted by molar-refractivity contribution is 9.09. The minimum Gasteiger partial charge on any atom is -0.477 e. The Balaban J connectivity index is 0.000000198. The first-order valence-electron chi connectivity index (χ1n) is 28.6. The van der Waals surface area contributed by atoms with Crippen molar-refractivity contribution in [1.29, 1.82) is 0 Å². The van der Waals surface area contributed by atoms with E-state index in [9.17, 15) is 28.8 Å². The number of nitrogens with one attached hydrogen (secondary N) is 3. The molecule has 0 unspecified atom stereocenters. The van der Waals surface area contributed by atoms with Crippen molar-refractivity contribution in [3.05, 3.63) is 236 Å². The molecular weight excluding hydrogens is 1200 g/mol. The minimum absolute atomic E-state index is 0.118. The number of nitrogens with zero attached hydrogens (tertiary/aromatic N) is 8. The molecule has 0 aliphatic heterocycles. The third kappa shape index (κ3) is 21.5. The summed E-state index contributed by atoms with van der Waals surface area (Å²) in [7, 11) is 0. The number of benzene rings is 4. The number of aromatic amines is 3. The number of imidazole rings is 5. The standard InChI is InChI=1S/C17H19N3O.C14H16N2O2.C12H15BrO.C12H13N3O.C7H10N2O2.C5H6N2O2/c1-11-18-9-15-16(21)19-14(10-20(11)15)12-5-7-13(8-6-12)17(2,3)4;1-3-18-14(17)13-10-16(11(2)15-13)9-12-7-5-4-6-8-12;1-12(2,3)10-6-4-9(5-7-10)11(14)8-13;1-9-14-11(12(13)16)8-15(9)7-10-5-3-2-4-6-10;1-3-11-7(10)6-4-8-5(2)9-6;1-3-6-2-4(7-3)5(8)9/h5-10H,1-4H3,(H,19,21);4-8,10H,3,9H2,1-2H3;4-7H,8H2,1-3H3;2-6,8H,7H2,1H3,(H2,13,16);4H,3H2,1-2H3,(H,8,9);2H,1H3,(H,6,7)(H,8,9). The zero-order valence-electron chi connectivity index (χ0n) is 52.6. The van der Waals surface area contributed by atoms with Crippen LogP contribution >= 0.6 is 15.9 Å². The molecule has 6 aromatic heterocycles. The van der Waals surface area contributed by atoms with Crippen LogP contribution in [0.1, 0.15) is 159 Å². The molecule has 468 valence electrons. The van der Waals surface area contributed by atoms with Crippen LogP contribution in [-0.2, 0) is 33.4 Å². The van der Waals surface area contributed by atoms with Crippen molar-refractivity contribution in [2.75, 3.05) is 18.5 Å². The van der Waals surface area contributed by atoms with E-state index >= 15 is 0 Å². The van der Waals surface area contributed by atoms with E-state index in [-0.39, 0.29) is 39.8 Å². The second kappa shape index (κ2) is 32.8. The van der Waals surface area contributed by atoms with Gasteiger partial charge in [-0.3, -0.25) is 18.8 Å². The van der Waals surface area contributed by atoms with Gasteiger partial charge in [0.25, 0.3) is 11.5 Å². The number of carboxylic acids is 1. The van der Waals surface area contributed by atoms with Crippen LogP contribution in [0.15, 0.2) is 151 Å². The number of carbonyl (C=O) groups excluding carboxylic acids is 4. The number of hydrogen-bond donors (Lipinski definition) is 5. The van der Waals surface area contributed by atoms with E-state index in [1.165, 1.54) is 34.6 Å². The molecule has 10 aromatic rings. The SMILES string of the molecule is CC(C)(C)c1ccc(C(=O)CBr)cc1.CCOC(=O)c1cn(Cc2ccccc2)c(C)n1.CCOC(=O)c1cnc(C)[nH]1.Cc1nc(C(N)=O)cn1Cc1ccccc1.Cc1ncc(C(=O)O)[nH]1.Cc1ncc2c(=O)[nH]c(-c3ccc(C(C)(C)C)cc3)cn12. The molecule has 0 saturated heterocycles. The summed E-state index contributed by atoms with van der Waals surface area (Å²) in [5.74, 6) is 1.68. The molecule has 0 atom stereocenters. The minimum atomic E-state index is -0.976. The second-order valence-electron chi connectivity index (χ2n) is 22.2. The summed E-state index contributed by atoms with van der Waals surface area (Å²) in [5, 5.41) is 8.72. The highest BCUT2D eigenvalue weighted by Gasteiger charge is 2.17. The van der Waals surface area contributed by atoms with E-state index in [0.717, 1.165) is 34.3 Å². The van der Waals surface area contributed by atoms with E-state index < -0.39 is 11.9 Å². The Labute approximate surface area is 526 Å². The van der Waals surface area contributed by atoms with E-state index in [0.29, 0.717) is 65.9 Å². The topological polar surface area (TPSA) is 293 Å². The number of nitrogens with two attached hydrogens (primary N) is 1. The average molecular weight is 1280 g/mol. The Hall–Kier alpha value is -9.83. The van der Waals surface area contributed by atoms with Gasteiger partial charge in [-0.2, -0.15) is 0 Å². The number of primary amides is 1. The number of alkyl halides is 1. The van der Waals surface area contributed by atoms with Crippen LogP contribution in [0.2, 0.25) is 0 Å². The maximum Gasteiger partial charge on any atom is 0.358 e. The van der Waals surface area contributed by atoms with Gasteiger partial charge in [-0.15, -0.1) is 0 Å². The molecule has 0 aliphatic carbocycles. The smallest absolute Gasteiger partial charge is 0.358 e. The van der Waals surface area contributed by atoms with Gasteiger partial charge in [-0.05, 0) is 87.1 Å². The Bertz CT molecular complexity index is 3980. The third-order valence-corrected chi connectivity index (χ3v) is 13.7. The molecule has 22 heteroatoms. The first-order valence-corrected chi connectivity index (χ1v) is 29.7. The van der Waals surface area contributed by atoms with Crippen molar-refractivity contribution in [1.82, 2.24) is 53.4 Å². The molecule has 89 heavy (non-hydrogen) atoms. The molecule has 0 spiro atoms. The Morgan fingerprint density at radius 1 is 0.573 bits per heavy atom. The molecule has 0 fully saturated rings. The number of amides is 1. The Morgan fingerprint density at radius 3 is 1.45 bits per heavy atom. The summed E-state index contributed by atoms with van der Waals surface area (Å²) in [6.07, 6.45) is 9.70. The highest BCUT2D eigenvalue weighted by atomic mass is 79.9. The molecule has 0 radical (unpaired) electrons. The summed E-state index contributed by atoms with van der Waals surface area (Å²) in [6.45, 7) is 27.9. The number of aromatic carboxylic acids is 1. The summed E-state index contributed by atoms with van der Waals surface area (Å²) >= 11 is 3.16. The predicted octanol–water partition coefficient (Wildman–Crippen LogP) is 11.9. The number of fused-ring (bicyclic) bond motifs is 1. The van der Waals surface area contributed by atoms with Gasteiger partial charge in [0.15, 0.2) is 11.5 Å². The van der Waals surface area contributed by atoms with Crippen molar-refractivity contribution in [3.8, 4) is 11.3 Å². The van der Waals surface area contributed by atoms with Crippen LogP contribution in [0.3, 0.4) is 0 Å². The monoisotopic (exact) mass is 1270 g/mol. The number of H-pyrrole nitrogens is 3. The number of esters is 2. The van der Waals surface area contributed by atoms with E-state index in [1.807, 2.05) is 138 Å². The number of carbonyl (C=O) groups is 5. The molecule has 4 aromatic carbocycles. The molecule has 0 bridgehead atoms. The number of Topliss-reactive ketones (excluding diaryl/α,β-unsaturated/α-hetero) is 1. The molecule has 10 rings (SSSR count). The van der Waals surface area contributed by atoms with E-state index in [1.54, 1.807) is 46.3 Å². The average Bonchev–Trinajstić information content (AvgIpc) is 2.78. The normalized spacial score (nSPS) is 10.7. The maximum atomic E-state index is 12.1. The van der Waals surface area contributed by atoms with Crippen LogP contribution in [0.5, 0.6) is 0 Å². The van der Waals surface area contributed by atoms with Gasteiger partial charge >= 0.3 is 17.9 Å². The van der Waals surface area contributed by atoms with Crippen molar-refractivity contribution in [3.63, 3.8) is 0 Å². The number of aryl methyl sites for hydroxylation is 5. The van der Waals surface area contributed by atoms with Gasteiger partial charge in [-0.1, -0.05) is 167 Å². The molecule has 6 N–H and O–H groups in total. The molecule has 6 heterocycles. The van der Waals surface area contributed by atoms with Crippen LogP contribution < -0.4 is 11.3 Å². The molecule has 0 saturated carbocycles. The van der Waals surface area contributed by atoms with Crippen molar-refractivity contribution in [2.24, 2.45) is 5.73 Å². The lowest BCUT2D eigenvalue weighted by molar-refractivity contribution is 0.0510. The Morgan fingerprint density at radius 2 is 1.03 bits per heavy atom. The highest BCUT2D eigenvalue weighted by Crippen LogP contribution is 2.26. The first kappa shape index (κ1) is 69.9. The van der Waals surface area contributed by atoms with Crippen LogP contribution in [0.25, 0.3) is 16.8 Å². The van der Waals surface area contributed by atoms with E-state index in [4.69, 9.17) is 20.3 Å². The van der Waals surface area contributed by atoms with Crippen molar-refractivity contribution >= 4 is 51.0 Å². The number of ether oxygens (including phenoxy) is 2. The van der Waals surface area contributed by atoms with Crippen molar-refractivity contribution in [2.45, 2.75) is 114 Å². The molecular formula is C67H79BrN12O9. The quantitative estimate of drug-likeness (QED) is 0.0408. The molecule has 0 aliphatic rings. The number of halogens is 1. The fourth-order valence-electron chi connectivity index (χ4n) is 8.24. The maximum absolute atomic E-state index is 12.1. The zero-order valence-corrected chi connectivity index (χ0v) is 54.2. The van der Waals surface area contributed by atoms with Crippen LogP contribution in [0.4, 0.5) is 0 Å². The van der Waals surface area contributed by atoms with Gasteiger partial charge in [-0.25, -0.2) is 39.3 Å². The van der Waals surface area contributed by atoms with Gasteiger partial charge in [0.05, 0.1) is 42.8 Å². The number of carboxylic acid groups (broad SMARTS) is 1. The number of hydrogen-bond acceptors (Lipinski definition) is 13. The summed E-state index contributed by atoms with van der Waals surface area (Å²) in [4.78, 5) is 95.4. The third-order valence-electron chi connectivity index (χ3n) is 13.2. The number of aromatic nitrogens is 11. The zero-order chi connectivity index (χ0) is 65.6. The number of rotatable bonds is 13. The lowest BCUT2D eigenvalue weighted by Gasteiger charge is -2.19. The largest absolute Gasteiger partial charge is 0.477 e. The van der Waals surface area contributed by atoms with Gasteiger partial charge in [0.1, 0.15) is 51.7 Å². The van der Waals surface area contributed by atoms with Gasteiger partial charge in [0.2, 0.25) is 0 Å². The second-order valence-corrected chi connectivity index (χ2v) is 22.8. The number of ketones is 1. The molecule has 1 amide bonds.